The third-order valence-corrected chi connectivity index (χ3v) is 14.7. The van der Waals surface area contributed by atoms with Crippen molar-refractivity contribution in [2.45, 2.75) is 5.41 Å². The summed E-state index contributed by atoms with van der Waals surface area (Å²) in [4.78, 5) is 15.4. The lowest BCUT2D eigenvalue weighted by molar-refractivity contribution is 0.669. The zero-order chi connectivity index (χ0) is 45.2. The zero-order valence-corrected chi connectivity index (χ0v) is 37.1. The van der Waals surface area contributed by atoms with Crippen LogP contribution in [-0.4, -0.2) is 19.5 Å². The van der Waals surface area contributed by atoms with E-state index in [2.05, 4.69) is 193 Å². The van der Waals surface area contributed by atoms with Crippen LogP contribution < -0.4 is 0 Å². The number of aromatic nitrogens is 4. The van der Waals surface area contributed by atoms with Crippen molar-refractivity contribution in [3.63, 3.8) is 0 Å². The number of para-hydroxylation sites is 1. The predicted octanol–water partition coefficient (Wildman–Crippen LogP) is 15.9. The molecular weight excluding hydrogens is 841 g/mol. The van der Waals surface area contributed by atoms with Crippen LogP contribution in [0.5, 0.6) is 0 Å². The molecule has 0 saturated carbocycles. The fourth-order valence-corrected chi connectivity index (χ4v) is 11.9. The average molecular weight is 879 g/mol. The molecule has 1 spiro atoms. The molecule has 0 unspecified atom stereocenters. The molecular formula is C64H38N4O. The summed E-state index contributed by atoms with van der Waals surface area (Å²) in [6.45, 7) is 0. The molecule has 10 aromatic carbocycles. The highest BCUT2D eigenvalue weighted by molar-refractivity contribution is 6.19. The fraction of sp³-hybridized carbons (Fsp3) is 0.0156. The van der Waals surface area contributed by atoms with Crippen molar-refractivity contribution in [3.8, 4) is 73.2 Å². The van der Waals surface area contributed by atoms with Crippen LogP contribution in [0.15, 0.2) is 235 Å². The Bertz CT molecular complexity index is 4200. The molecule has 0 fully saturated rings. The van der Waals surface area contributed by atoms with E-state index in [0.717, 1.165) is 61.0 Å². The molecule has 2 aliphatic rings. The third kappa shape index (κ3) is 5.32. The maximum absolute atomic E-state index is 6.54. The van der Waals surface area contributed by atoms with E-state index < -0.39 is 5.41 Å². The van der Waals surface area contributed by atoms with Gasteiger partial charge in [-0.1, -0.05) is 176 Å². The molecule has 0 radical (unpaired) electrons. The largest absolute Gasteiger partial charge is 0.456 e. The van der Waals surface area contributed by atoms with Crippen LogP contribution in [0.3, 0.4) is 0 Å². The first-order valence-electron chi connectivity index (χ1n) is 23.5. The van der Waals surface area contributed by atoms with Crippen molar-refractivity contribution in [1.29, 1.82) is 0 Å². The van der Waals surface area contributed by atoms with Crippen LogP contribution in [0.4, 0.5) is 0 Å². The highest BCUT2D eigenvalue weighted by Crippen LogP contribution is 2.64. The van der Waals surface area contributed by atoms with Gasteiger partial charge in [0.2, 0.25) is 0 Å². The number of fused-ring (bicyclic) bond motifs is 17. The maximum Gasteiger partial charge on any atom is 0.164 e. The van der Waals surface area contributed by atoms with Gasteiger partial charge in [-0.3, -0.25) is 0 Å². The van der Waals surface area contributed by atoms with Gasteiger partial charge < -0.3 is 8.98 Å². The Hall–Kier alpha value is -9.19. The quantitative estimate of drug-likeness (QED) is 0.173. The van der Waals surface area contributed by atoms with Crippen molar-refractivity contribution in [3.05, 3.63) is 253 Å². The van der Waals surface area contributed by atoms with Gasteiger partial charge in [-0.2, -0.15) is 0 Å². The summed E-state index contributed by atoms with van der Waals surface area (Å²) < 4.78 is 8.95. The van der Waals surface area contributed by atoms with Crippen LogP contribution in [0, 0.1) is 0 Å². The maximum atomic E-state index is 6.54. The molecule has 5 heteroatoms. The number of rotatable bonds is 5. The lowest BCUT2D eigenvalue weighted by atomic mass is 9.70. The number of benzene rings is 10. The van der Waals surface area contributed by atoms with E-state index in [4.69, 9.17) is 19.4 Å². The van der Waals surface area contributed by atoms with Crippen molar-refractivity contribution in [2.24, 2.45) is 0 Å². The Morgan fingerprint density at radius 3 is 1.59 bits per heavy atom. The monoisotopic (exact) mass is 878 g/mol. The summed E-state index contributed by atoms with van der Waals surface area (Å²) >= 11 is 0. The van der Waals surface area contributed by atoms with Crippen LogP contribution in [0.1, 0.15) is 22.3 Å². The van der Waals surface area contributed by atoms with Gasteiger partial charge in [-0.25, -0.2) is 15.0 Å². The molecule has 320 valence electrons. The molecule has 0 atom stereocenters. The van der Waals surface area contributed by atoms with Crippen LogP contribution in [0.25, 0.3) is 117 Å². The van der Waals surface area contributed by atoms with Gasteiger partial charge in [-0.15, -0.1) is 0 Å². The molecule has 3 heterocycles. The normalized spacial score (nSPS) is 13.0. The molecule has 0 N–H and O–H groups in total. The molecule has 3 aromatic heterocycles. The highest BCUT2D eigenvalue weighted by Gasteiger charge is 2.52. The predicted molar refractivity (Wildman–Crippen MR) is 279 cm³/mol. The molecule has 0 amide bonds. The van der Waals surface area contributed by atoms with E-state index >= 15 is 0 Å². The number of nitrogens with zero attached hydrogens (tertiary/aromatic N) is 4. The Labute approximate surface area is 397 Å². The molecule has 69 heavy (non-hydrogen) atoms. The Balaban J connectivity index is 0.878. The first kappa shape index (κ1) is 38.0. The molecule has 2 aliphatic carbocycles. The summed E-state index contributed by atoms with van der Waals surface area (Å²) in [7, 11) is 0. The third-order valence-electron chi connectivity index (χ3n) is 14.7. The van der Waals surface area contributed by atoms with E-state index in [9.17, 15) is 0 Å². The average Bonchev–Trinajstić information content (AvgIpc) is 4.15. The lowest BCUT2D eigenvalue weighted by Crippen LogP contribution is -2.25. The van der Waals surface area contributed by atoms with Crippen LogP contribution in [-0.2, 0) is 5.41 Å². The van der Waals surface area contributed by atoms with E-state index in [0.29, 0.717) is 17.5 Å². The summed E-state index contributed by atoms with van der Waals surface area (Å²) in [6.07, 6.45) is 0. The second kappa shape index (κ2) is 14.4. The fourth-order valence-electron chi connectivity index (χ4n) is 11.9. The van der Waals surface area contributed by atoms with E-state index in [1.54, 1.807) is 0 Å². The molecule has 0 aliphatic heterocycles. The Morgan fingerprint density at radius 2 is 0.884 bits per heavy atom. The minimum Gasteiger partial charge on any atom is -0.456 e. The van der Waals surface area contributed by atoms with Gasteiger partial charge in [0.15, 0.2) is 17.5 Å². The molecule has 15 rings (SSSR count). The second-order valence-electron chi connectivity index (χ2n) is 18.2. The summed E-state index contributed by atoms with van der Waals surface area (Å²) in [6, 6.07) is 82.5. The minimum atomic E-state index is -0.413. The van der Waals surface area contributed by atoms with Gasteiger partial charge >= 0.3 is 0 Å². The molecule has 5 nitrogen and oxygen atoms in total. The molecule has 0 bridgehead atoms. The Morgan fingerprint density at radius 1 is 0.333 bits per heavy atom. The molecule has 0 saturated heterocycles. The standard InChI is InChI=1S/C64H38N4O/c1-3-16-39(17-4-1)44-24-15-29-56-58(44)49-35-32-42(38-57(49)69-56)63-66-61(40-18-5-2-6-19-40)65-62(67-63)41-30-33-43(34-31-41)68-54-28-14-10-23-48(54)60-55(68)37-36-53-59(60)47-22-9-13-27-52(47)64(53)50-25-11-7-20-45(50)46-21-8-12-26-51(46)64/h1-38H. The number of hydrogen-bond donors (Lipinski definition) is 0. The molecule has 13 aromatic rings. The van der Waals surface area contributed by atoms with Gasteiger partial charge in [0.25, 0.3) is 0 Å². The number of hydrogen-bond acceptors (Lipinski definition) is 4. The van der Waals surface area contributed by atoms with Gasteiger partial charge in [0.05, 0.1) is 16.4 Å². The van der Waals surface area contributed by atoms with Crippen molar-refractivity contribution in [2.75, 3.05) is 0 Å². The first-order chi connectivity index (χ1) is 34.2. The van der Waals surface area contributed by atoms with Gasteiger partial charge in [0.1, 0.15) is 11.2 Å². The summed E-state index contributed by atoms with van der Waals surface area (Å²) in [5.74, 6) is 1.79. The van der Waals surface area contributed by atoms with E-state index in [-0.39, 0.29) is 0 Å². The topological polar surface area (TPSA) is 56.7 Å². The van der Waals surface area contributed by atoms with Crippen LogP contribution >= 0.6 is 0 Å². The van der Waals surface area contributed by atoms with Crippen molar-refractivity contribution < 1.29 is 4.42 Å². The lowest BCUT2D eigenvalue weighted by Gasteiger charge is -2.30. The van der Waals surface area contributed by atoms with Gasteiger partial charge in [0, 0.05) is 43.9 Å². The number of furan rings is 1. The zero-order valence-electron chi connectivity index (χ0n) is 37.1. The summed E-state index contributed by atoms with van der Waals surface area (Å²) in [5, 5.41) is 4.64. The second-order valence-corrected chi connectivity index (χ2v) is 18.2. The highest BCUT2D eigenvalue weighted by atomic mass is 16.3. The van der Waals surface area contributed by atoms with Crippen molar-refractivity contribution >= 4 is 43.7 Å². The first-order valence-corrected chi connectivity index (χ1v) is 23.5. The summed E-state index contributed by atoms with van der Waals surface area (Å²) in [5.41, 5.74) is 20.2. The Kier molecular flexibility index (Phi) is 7.93. The van der Waals surface area contributed by atoms with Crippen LogP contribution in [0.2, 0.25) is 0 Å². The smallest absolute Gasteiger partial charge is 0.164 e. The van der Waals surface area contributed by atoms with E-state index in [1.165, 1.54) is 60.8 Å². The minimum absolute atomic E-state index is 0.413. The van der Waals surface area contributed by atoms with Crippen molar-refractivity contribution in [1.82, 2.24) is 19.5 Å². The van der Waals surface area contributed by atoms with E-state index in [1.807, 2.05) is 42.5 Å². The SMILES string of the molecule is c1ccc(-c2nc(-c3ccc(-n4c5ccccc5c5c6c(ccc54)C4(c5ccccc5-c5ccccc54)c4ccccc4-6)cc3)nc(-c3ccc4c(c3)oc3cccc(-c5ccccc5)c34)n2)cc1. The van der Waals surface area contributed by atoms with Gasteiger partial charge in [-0.05, 0) is 110 Å².